The Morgan fingerprint density at radius 1 is 0.512 bits per heavy atom. The summed E-state index contributed by atoms with van der Waals surface area (Å²) in [5, 5.41) is 4.98. The van der Waals surface area contributed by atoms with Gasteiger partial charge < -0.3 is 37.6 Å². The molecule has 12 heteroatoms. The lowest BCUT2D eigenvalue weighted by atomic mass is 9.80. The van der Waals surface area contributed by atoms with Gasteiger partial charge in [0, 0.05) is 58.7 Å². The van der Waals surface area contributed by atoms with Crippen molar-refractivity contribution in [1.82, 2.24) is 10.1 Å². The van der Waals surface area contributed by atoms with Gasteiger partial charge in [0.1, 0.15) is 17.2 Å². The van der Waals surface area contributed by atoms with E-state index in [-0.39, 0.29) is 44.4 Å². The minimum atomic E-state index is -1.97. The van der Waals surface area contributed by atoms with Crippen molar-refractivity contribution in [2.24, 2.45) is 0 Å². The maximum atomic E-state index is 6.97. The second-order valence-corrected chi connectivity index (χ2v) is 40.9. The molecule has 3 fully saturated rings. The molecule has 2 saturated heterocycles. The number of nitrogens with zero attached hydrogens (tertiary/aromatic N) is 3. The summed E-state index contributed by atoms with van der Waals surface area (Å²) in [6, 6.07) is 33.6. The highest BCUT2D eigenvalue weighted by Gasteiger charge is 2.53. The van der Waals surface area contributed by atoms with E-state index in [1.165, 1.54) is 36.2 Å². The smallest absolute Gasteiger partial charge is 0.220 e. The molecule has 0 spiro atoms. The van der Waals surface area contributed by atoms with Gasteiger partial charge in [-0.05, 0) is 257 Å². The molecular weight excluding hydrogens is 1100 g/mol. The fourth-order valence-corrected chi connectivity index (χ4v) is 16.2. The highest BCUT2D eigenvalue weighted by molar-refractivity contribution is 6.74. The first-order chi connectivity index (χ1) is 40.3. The van der Waals surface area contributed by atoms with E-state index in [1.54, 1.807) is 7.11 Å². The van der Waals surface area contributed by atoms with Crippen LogP contribution < -0.4 is 19.1 Å². The Kier molecular flexibility index (Phi) is 21.8. The van der Waals surface area contributed by atoms with E-state index >= 15 is 0 Å². The summed E-state index contributed by atoms with van der Waals surface area (Å²) in [5.74, 6) is 3.29. The lowest BCUT2D eigenvalue weighted by Crippen LogP contribution is -2.65. The van der Waals surface area contributed by atoms with Crippen molar-refractivity contribution in [3.8, 4) is 17.2 Å². The molecule has 4 aromatic rings. The first-order valence-corrected chi connectivity index (χ1v) is 39.1. The molecule has 8 rings (SSSR count). The van der Waals surface area contributed by atoms with Gasteiger partial charge in [-0.2, -0.15) is 10.1 Å². The standard InChI is InChI=1S/C74H115N3O7Si2/c1-69(2,3)85(16,17)83-76-71(7,8)51-62(52-72(76,9)10)81-47-26-22-20-24-45-79-59-39-33-56(34-40-59)65(49-55-31-37-58(38-32-55)75-67-30-28-29-64(67)66-50-61(78-15)43-44-68(66)75)57-35-41-60(42-36-57)80-46-25-21-23-27-48-82-63-53-73(11,12)77(74(13,14)54-63)84-86(18,19)70(4,5)6/h31-44,49-50,62-64,67H,20-30,45-48,51-54H2,1-19H3. The molecule has 1 aliphatic carbocycles. The van der Waals surface area contributed by atoms with Gasteiger partial charge >= 0.3 is 0 Å². The van der Waals surface area contributed by atoms with E-state index in [0.29, 0.717) is 25.2 Å². The van der Waals surface area contributed by atoms with E-state index in [0.717, 1.165) is 130 Å². The van der Waals surface area contributed by atoms with Crippen LogP contribution in [0.5, 0.6) is 17.2 Å². The van der Waals surface area contributed by atoms with Gasteiger partial charge in [0.05, 0.1) is 32.5 Å². The molecule has 10 nitrogen and oxygen atoms in total. The van der Waals surface area contributed by atoms with E-state index < -0.39 is 16.6 Å². The third-order valence-electron chi connectivity index (χ3n) is 20.2. The number of benzene rings is 4. The average molecular weight is 1210 g/mol. The molecule has 4 aliphatic rings. The summed E-state index contributed by atoms with van der Waals surface area (Å²) in [7, 11) is -2.18. The summed E-state index contributed by atoms with van der Waals surface area (Å²) in [4.78, 5) is 2.58. The number of fused-ring (bicyclic) bond motifs is 3. The van der Waals surface area contributed by atoms with Gasteiger partial charge in [0.2, 0.25) is 16.6 Å². The van der Waals surface area contributed by atoms with Crippen LogP contribution in [0.4, 0.5) is 11.4 Å². The first kappa shape index (κ1) is 67.9. The second kappa shape index (κ2) is 27.6. The number of hydrogen-bond donors (Lipinski definition) is 0. The fourth-order valence-electron chi connectivity index (χ4n) is 13.8. The van der Waals surface area contributed by atoms with Crippen LogP contribution in [0.1, 0.15) is 221 Å². The lowest BCUT2D eigenvalue weighted by Gasteiger charge is -2.57. The van der Waals surface area contributed by atoms with Gasteiger partial charge in [-0.15, -0.1) is 0 Å². The van der Waals surface area contributed by atoms with Crippen molar-refractivity contribution in [3.63, 3.8) is 0 Å². The lowest BCUT2D eigenvalue weighted by molar-refractivity contribution is -0.248. The van der Waals surface area contributed by atoms with Crippen molar-refractivity contribution in [1.29, 1.82) is 0 Å². The van der Waals surface area contributed by atoms with Crippen LogP contribution in [0.15, 0.2) is 91.0 Å². The SMILES string of the molecule is COc1ccc2c(c1)C1CCCC1N2c1ccc(C=C(c2ccc(OCCCCCCOC3CC(C)(C)N(O[Si](C)(C)C(C)(C)C)C(C)(C)C3)cc2)c2ccc(OCCCCCCOC3CC(C)(C)N(O[Si](C)(C)C(C)(C)C)C(C)(C)C3)cc2)cc1. The second-order valence-electron chi connectivity index (χ2n) is 31.5. The zero-order valence-electron chi connectivity index (χ0n) is 57.2. The molecule has 0 aromatic heterocycles. The molecule has 86 heavy (non-hydrogen) atoms. The maximum Gasteiger partial charge on any atom is 0.220 e. The minimum absolute atomic E-state index is 0.101. The van der Waals surface area contributed by atoms with Crippen molar-refractivity contribution < 1.29 is 32.7 Å². The van der Waals surface area contributed by atoms with Gasteiger partial charge in [-0.25, -0.2) is 0 Å². The number of piperidine rings is 2. The van der Waals surface area contributed by atoms with E-state index in [1.807, 2.05) is 0 Å². The predicted molar refractivity (Wildman–Crippen MR) is 364 cm³/mol. The van der Waals surface area contributed by atoms with Crippen LogP contribution in [0.25, 0.3) is 11.6 Å². The Bertz CT molecular complexity index is 2660. The topological polar surface area (TPSA) is 74.3 Å². The molecule has 2 atom stereocenters. The van der Waals surface area contributed by atoms with Crippen molar-refractivity contribution in [2.45, 2.75) is 276 Å². The Morgan fingerprint density at radius 3 is 1.33 bits per heavy atom. The quantitative estimate of drug-likeness (QED) is 0.0327. The van der Waals surface area contributed by atoms with Crippen LogP contribution in [0, 0.1) is 0 Å². The van der Waals surface area contributed by atoms with Gasteiger partial charge in [0.25, 0.3) is 0 Å². The summed E-state index contributed by atoms with van der Waals surface area (Å²) in [5.41, 5.74) is 8.18. The third kappa shape index (κ3) is 16.7. The summed E-state index contributed by atoms with van der Waals surface area (Å²) >= 11 is 0. The van der Waals surface area contributed by atoms with Crippen LogP contribution in [0.2, 0.25) is 36.3 Å². The van der Waals surface area contributed by atoms with Crippen molar-refractivity contribution in [3.05, 3.63) is 113 Å². The van der Waals surface area contributed by atoms with E-state index in [2.05, 4.69) is 235 Å². The van der Waals surface area contributed by atoms with Gasteiger partial charge in [-0.3, -0.25) is 0 Å². The summed E-state index contributed by atoms with van der Waals surface area (Å²) in [6.07, 6.45) is 19.0. The molecule has 0 bridgehead atoms. The molecule has 2 unspecified atom stereocenters. The molecular formula is C74H115N3O7Si2. The molecule has 0 radical (unpaired) electrons. The van der Waals surface area contributed by atoms with E-state index in [4.69, 9.17) is 32.7 Å². The minimum Gasteiger partial charge on any atom is -0.497 e. The molecule has 476 valence electrons. The molecule has 4 aromatic carbocycles. The number of methoxy groups -OCH3 is 1. The molecule has 3 heterocycles. The zero-order valence-corrected chi connectivity index (χ0v) is 59.2. The Morgan fingerprint density at radius 2 is 0.919 bits per heavy atom. The average Bonchev–Trinajstić information content (AvgIpc) is 1.35. The Hall–Kier alpha value is -3.99. The summed E-state index contributed by atoms with van der Waals surface area (Å²) in [6.45, 7) is 44.9. The number of unbranched alkanes of at least 4 members (excludes halogenated alkanes) is 6. The third-order valence-corrected chi connectivity index (χ3v) is 28.7. The van der Waals surface area contributed by atoms with Gasteiger partial charge in [-0.1, -0.05) is 97.2 Å². The fraction of sp³-hybridized carbons (Fsp3) is 0.649. The van der Waals surface area contributed by atoms with Crippen molar-refractivity contribution in [2.75, 3.05) is 38.4 Å². The zero-order chi connectivity index (χ0) is 62.5. The van der Waals surface area contributed by atoms with Crippen LogP contribution in [0.3, 0.4) is 0 Å². The Balaban J connectivity index is 0.828. The van der Waals surface area contributed by atoms with Crippen LogP contribution in [-0.2, 0) is 18.5 Å². The normalized spacial score (nSPS) is 20.8. The number of ether oxygens (including phenoxy) is 5. The van der Waals surface area contributed by atoms with Crippen LogP contribution in [-0.4, -0.2) is 101 Å². The molecule has 0 N–H and O–H groups in total. The first-order valence-electron chi connectivity index (χ1n) is 33.3. The van der Waals surface area contributed by atoms with Crippen LogP contribution >= 0.6 is 0 Å². The number of rotatable bonds is 27. The number of hydrogen-bond acceptors (Lipinski definition) is 10. The number of hydroxylamine groups is 4. The largest absolute Gasteiger partial charge is 0.497 e. The van der Waals surface area contributed by atoms with E-state index in [9.17, 15) is 0 Å². The highest BCUT2D eigenvalue weighted by atomic mass is 28.4. The molecule has 0 amide bonds. The molecule has 1 saturated carbocycles. The summed E-state index contributed by atoms with van der Waals surface area (Å²) < 4.78 is 45.5. The van der Waals surface area contributed by atoms with Gasteiger partial charge in [0.15, 0.2) is 0 Å². The highest BCUT2D eigenvalue weighted by Crippen LogP contribution is 2.54. The maximum absolute atomic E-state index is 6.97. The monoisotopic (exact) mass is 1210 g/mol. The number of anilines is 2. The Labute approximate surface area is 524 Å². The van der Waals surface area contributed by atoms with Crippen molar-refractivity contribution >= 4 is 39.7 Å². The molecule has 3 aliphatic heterocycles. The predicted octanol–water partition coefficient (Wildman–Crippen LogP) is 19.9.